The fraction of sp³-hybridized carbons (Fsp3) is 0.800. The lowest BCUT2D eigenvalue weighted by Crippen LogP contribution is -2.54. The first-order valence-corrected chi connectivity index (χ1v) is 5.12. The van der Waals surface area contributed by atoms with Crippen molar-refractivity contribution in [2.75, 3.05) is 26.2 Å². The maximum absolute atomic E-state index is 10.7. The minimum absolute atomic E-state index is 0.133. The SMILES string of the molecule is CC(C)(CC(=O)O)N1CCN(C=O)CC1. The van der Waals surface area contributed by atoms with Gasteiger partial charge in [0.2, 0.25) is 6.41 Å². The molecule has 1 aliphatic rings. The van der Waals surface area contributed by atoms with E-state index in [1.807, 2.05) is 13.8 Å². The second-order valence-corrected chi connectivity index (χ2v) is 4.51. The predicted molar refractivity (Wildman–Crippen MR) is 55.5 cm³/mol. The van der Waals surface area contributed by atoms with Crippen LogP contribution < -0.4 is 0 Å². The third-order valence-electron chi connectivity index (χ3n) is 2.90. The number of rotatable bonds is 4. The van der Waals surface area contributed by atoms with Gasteiger partial charge < -0.3 is 10.0 Å². The van der Waals surface area contributed by atoms with Crippen LogP contribution in [0.15, 0.2) is 0 Å². The molecule has 1 saturated heterocycles. The molecule has 0 aromatic carbocycles. The lowest BCUT2D eigenvalue weighted by molar-refractivity contribution is -0.140. The molecule has 1 amide bonds. The van der Waals surface area contributed by atoms with Gasteiger partial charge in [0.15, 0.2) is 0 Å². The monoisotopic (exact) mass is 214 g/mol. The Morgan fingerprint density at radius 2 is 1.87 bits per heavy atom. The molecule has 5 nitrogen and oxygen atoms in total. The topological polar surface area (TPSA) is 60.9 Å². The highest BCUT2D eigenvalue weighted by molar-refractivity contribution is 5.68. The van der Waals surface area contributed by atoms with Crippen molar-refractivity contribution < 1.29 is 14.7 Å². The van der Waals surface area contributed by atoms with Gasteiger partial charge in [-0.05, 0) is 13.8 Å². The first-order valence-electron chi connectivity index (χ1n) is 5.12. The standard InChI is InChI=1S/C10H18N2O3/c1-10(2,7-9(14)15)12-5-3-11(8-13)4-6-12/h8H,3-7H2,1-2H3,(H,14,15). The average Bonchev–Trinajstić information content (AvgIpc) is 2.16. The van der Waals surface area contributed by atoms with Crippen LogP contribution in [0.2, 0.25) is 0 Å². The molecule has 0 saturated carbocycles. The number of carbonyl (C=O) groups is 2. The molecule has 0 aliphatic carbocycles. The molecule has 0 aromatic rings. The molecular formula is C10H18N2O3. The van der Waals surface area contributed by atoms with Crippen LogP contribution in [0.25, 0.3) is 0 Å². The molecule has 15 heavy (non-hydrogen) atoms. The number of hydrogen-bond donors (Lipinski definition) is 1. The quantitative estimate of drug-likeness (QED) is 0.670. The van der Waals surface area contributed by atoms with Crippen molar-refractivity contribution in [2.24, 2.45) is 0 Å². The third-order valence-corrected chi connectivity index (χ3v) is 2.90. The zero-order valence-electron chi connectivity index (χ0n) is 9.27. The van der Waals surface area contributed by atoms with Crippen molar-refractivity contribution in [3.05, 3.63) is 0 Å². The summed E-state index contributed by atoms with van der Waals surface area (Å²) in [6, 6.07) is 0. The Kier molecular flexibility index (Phi) is 3.68. The van der Waals surface area contributed by atoms with E-state index in [1.54, 1.807) is 4.90 Å². The molecular weight excluding hydrogens is 196 g/mol. The number of amides is 1. The molecule has 0 radical (unpaired) electrons. The van der Waals surface area contributed by atoms with E-state index in [9.17, 15) is 9.59 Å². The lowest BCUT2D eigenvalue weighted by atomic mass is 9.97. The summed E-state index contributed by atoms with van der Waals surface area (Å²) in [5.74, 6) is -0.780. The third kappa shape index (κ3) is 3.20. The van der Waals surface area contributed by atoms with E-state index in [1.165, 1.54) is 0 Å². The number of piperazine rings is 1. The Hall–Kier alpha value is -1.10. The summed E-state index contributed by atoms with van der Waals surface area (Å²) in [7, 11) is 0. The lowest BCUT2D eigenvalue weighted by Gasteiger charge is -2.42. The summed E-state index contributed by atoms with van der Waals surface area (Å²) in [4.78, 5) is 25.0. The van der Waals surface area contributed by atoms with Gasteiger partial charge >= 0.3 is 5.97 Å². The molecule has 1 aliphatic heterocycles. The van der Waals surface area contributed by atoms with E-state index < -0.39 is 5.97 Å². The molecule has 0 unspecified atom stereocenters. The summed E-state index contributed by atoms with van der Waals surface area (Å²) in [5.41, 5.74) is -0.333. The van der Waals surface area contributed by atoms with Gasteiger partial charge in [0.05, 0.1) is 6.42 Å². The van der Waals surface area contributed by atoms with Crippen molar-refractivity contribution in [2.45, 2.75) is 25.8 Å². The molecule has 5 heteroatoms. The van der Waals surface area contributed by atoms with Crippen LogP contribution in [-0.4, -0.2) is 59.0 Å². The molecule has 86 valence electrons. The van der Waals surface area contributed by atoms with E-state index in [0.717, 1.165) is 19.5 Å². The van der Waals surface area contributed by atoms with Crippen LogP contribution >= 0.6 is 0 Å². The van der Waals surface area contributed by atoms with E-state index in [4.69, 9.17) is 5.11 Å². The first kappa shape index (κ1) is 12.0. The van der Waals surface area contributed by atoms with Crippen LogP contribution in [0.5, 0.6) is 0 Å². The molecule has 1 rings (SSSR count). The predicted octanol–water partition coefficient (Wildman–Crippen LogP) is 0.0137. The Bertz CT molecular complexity index is 245. The maximum Gasteiger partial charge on any atom is 0.305 e. The zero-order chi connectivity index (χ0) is 11.5. The average molecular weight is 214 g/mol. The van der Waals surface area contributed by atoms with Crippen LogP contribution in [-0.2, 0) is 9.59 Å². The summed E-state index contributed by atoms with van der Waals surface area (Å²) >= 11 is 0. The van der Waals surface area contributed by atoms with Crippen molar-refractivity contribution in [3.8, 4) is 0 Å². The molecule has 1 fully saturated rings. The highest BCUT2D eigenvalue weighted by atomic mass is 16.4. The van der Waals surface area contributed by atoms with Gasteiger partial charge in [0.1, 0.15) is 0 Å². The molecule has 0 aromatic heterocycles. The Balaban J connectivity index is 2.51. The Morgan fingerprint density at radius 1 is 1.33 bits per heavy atom. The van der Waals surface area contributed by atoms with Gasteiger partial charge in [-0.3, -0.25) is 14.5 Å². The van der Waals surface area contributed by atoms with Crippen LogP contribution in [0, 0.1) is 0 Å². The summed E-state index contributed by atoms with van der Waals surface area (Å²) in [5, 5.41) is 8.78. The van der Waals surface area contributed by atoms with Gasteiger partial charge in [-0.25, -0.2) is 0 Å². The first-order chi connectivity index (χ1) is 6.95. The van der Waals surface area contributed by atoms with Crippen LogP contribution in [0.3, 0.4) is 0 Å². The normalized spacial score (nSPS) is 18.9. The number of hydrogen-bond acceptors (Lipinski definition) is 3. The van der Waals surface area contributed by atoms with E-state index in [-0.39, 0.29) is 12.0 Å². The van der Waals surface area contributed by atoms with Crippen molar-refractivity contribution in [1.29, 1.82) is 0 Å². The molecule has 0 spiro atoms. The number of carbonyl (C=O) groups excluding carboxylic acids is 1. The van der Waals surface area contributed by atoms with Gasteiger partial charge in [-0.15, -0.1) is 0 Å². The minimum atomic E-state index is -0.780. The van der Waals surface area contributed by atoms with Crippen LogP contribution in [0.1, 0.15) is 20.3 Å². The molecule has 0 bridgehead atoms. The smallest absolute Gasteiger partial charge is 0.305 e. The molecule has 0 atom stereocenters. The highest BCUT2D eigenvalue weighted by Gasteiger charge is 2.31. The summed E-state index contributed by atoms with van der Waals surface area (Å²) in [6.45, 7) is 6.73. The maximum atomic E-state index is 10.7. The number of carboxylic acid groups (broad SMARTS) is 1. The van der Waals surface area contributed by atoms with Gasteiger partial charge in [0, 0.05) is 31.7 Å². The largest absolute Gasteiger partial charge is 0.481 e. The molecule has 1 heterocycles. The Morgan fingerprint density at radius 3 is 2.27 bits per heavy atom. The second kappa shape index (κ2) is 4.61. The molecule has 1 N–H and O–H groups in total. The summed E-state index contributed by atoms with van der Waals surface area (Å²) in [6.07, 6.45) is 0.982. The second-order valence-electron chi connectivity index (χ2n) is 4.51. The fourth-order valence-electron chi connectivity index (χ4n) is 1.91. The van der Waals surface area contributed by atoms with Gasteiger partial charge in [-0.2, -0.15) is 0 Å². The van der Waals surface area contributed by atoms with Gasteiger partial charge in [-0.1, -0.05) is 0 Å². The van der Waals surface area contributed by atoms with E-state index in [0.29, 0.717) is 13.1 Å². The summed E-state index contributed by atoms with van der Waals surface area (Å²) < 4.78 is 0. The van der Waals surface area contributed by atoms with Crippen molar-refractivity contribution in [1.82, 2.24) is 9.80 Å². The van der Waals surface area contributed by atoms with Crippen molar-refractivity contribution in [3.63, 3.8) is 0 Å². The van der Waals surface area contributed by atoms with Crippen molar-refractivity contribution >= 4 is 12.4 Å². The number of aliphatic carboxylic acids is 1. The zero-order valence-corrected chi connectivity index (χ0v) is 9.27. The Labute approximate surface area is 89.7 Å². The minimum Gasteiger partial charge on any atom is -0.481 e. The number of nitrogens with zero attached hydrogens (tertiary/aromatic N) is 2. The number of carboxylic acids is 1. The van der Waals surface area contributed by atoms with E-state index >= 15 is 0 Å². The fourth-order valence-corrected chi connectivity index (χ4v) is 1.91. The van der Waals surface area contributed by atoms with E-state index in [2.05, 4.69) is 4.90 Å². The highest BCUT2D eigenvalue weighted by Crippen LogP contribution is 2.20. The van der Waals surface area contributed by atoms with Crippen LogP contribution in [0.4, 0.5) is 0 Å². The van der Waals surface area contributed by atoms with Gasteiger partial charge in [0.25, 0.3) is 0 Å².